The number of rotatable bonds is 3. The fourth-order valence-electron chi connectivity index (χ4n) is 2.08. The number of carbonyl (C=O) groups is 2. The lowest BCUT2D eigenvalue weighted by molar-refractivity contribution is -0.147. The highest BCUT2D eigenvalue weighted by atomic mass is 16.4. The molecule has 1 saturated carbocycles. The molecular formula is C9H14O4. The molecule has 0 spiro atoms. The summed E-state index contributed by atoms with van der Waals surface area (Å²) in [7, 11) is 0. The summed E-state index contributed by atoms with van der Waals surface area (Å²) in [6.07, 6.45) is 2.18. The minimum atomic E-state index is -0.891. The Kier molecular flexibility index (Phi) is 2.90. The van der Waals surface area contributed by atoms with Crippen LogP contribution < -0.4 is 0 Å². The summed E-state index contributed by atoms with van der Waals surface area (Å²) in [5.41, 5.74) is 0. The van der Waals surface area contributed by atoms with E-state index in [9.17, 15) is 9.59 Å². The fourth-order valence-corrected chi connectivity index (χ4v) is 2.08. The maximum atomic E-state index is 10.7. The molecule has 4 heteroatoms. The molecule has 74 valence electrons. The van der Waals surface area contributed by atoms with E-state index in [1.54, 1.807) is 6.92 Å². The molecule has 1 fully saturated rings. The summed E-state index contributed by atoms with van der Waals surface area (Å²) in [6, 6.07) is 0. The van der Waals surface area contributed by atoms with Crippen LogP contribution in [-0.2, 0) is 9.59 Å². The van der Waals surface area contributed by atoms with Crippen molar-refractivity contribution in [2.45, 2.75) is 26.2 Å². The van der Waals surface area contributed by atoms with Gasteiger partial charge >= 0.3 is 11.9 Å². The highest BCUT2D eigenvalue weighted by Crippen LogP contribution is 2.37. The van der Waals surface area contributed by atoms with Crippen molar-refractivity contribution >= 4 is 11.9 Å². The highest BCUT2D eigenvalue weighted by Gasteiger charge is 2.38. The predicted molar refractivity (Wildman–Crippen MR) is 45.3 cm³/mol. The molecule has 1 rings (SSSR count). The van der Waals surface area contributed by atoms with Crippen molar-refractivity contribution in [1.29, 1.82) is 0 Å². The molecule has 0 saturated heterocycles. The van der Waals surface area contributed by atoms with Gasteiger partial charge in [0.25, 0.3) is 0 Å². The van der Waals surface area contributed by atoms with Crippen molar-refractivity contribution in [3.05, 3.63) is 0 Å². The molecule has 2 N–H and O–H groups in total. The lowest BCUT2D eigenvalue weighted by Crippen LogP contribution is -2.28. The average Bonchev–Trinajstić information content (AvgIpc) is 2.50. The highest BCUT2D eigenvalue weighted by molar-refractivity contribution is 5.74. The Balaban J connectivity index is 2.68. The minimum absolute atomic E-state index is 0.185. The second kappa shape index (κ2) is 3.77. The van der Waals surface area contributed by atoms with Crippen LogP contribution in [0.25, 0.3) is 0 Å². The molecule has 0 aromatic rings. The van der Waals surface area contributed by atoms with Gasteiger partial charge in [0.1, 0.15) is 0 Å². The normalized spacial score (nSPS) is 29.9. The van der Waals surface area contributed by atoms with Gasteiger partial charge in [0.15, 0.2) is 0 Å². The molecule has 0 heterocycles. The maximum Gasteiger partial charge on any atom is 0.306 e. The van der Waals surface area contributed by atoms with E-state index in [2.05, 4.69) is 0 Å². The third-order valence-corrected chi connectivity index (χ3v) is 2.92. The first-order chi connectivity index (χ1) is 6.04. The van der Waals surface area contributed by atoms with Crippen molar-refractivity contribution in [2.75, 3.05) is 0 Å². The molecule has 0 bridgehead atoms. The van der Waals surface area contributed by atoms with E-state index < -0.39 is 23.8 Å². The number of carboxylic acid groups (broad SMARTS) is 2. The Bertz CT molecular complexity index is 224. The van der Waals surface area contributed by atoms with Crippen LogP contribution in [-0.4, -0.2) is 22.2 Å². The molecule has 0 radical (unpaired) electrons. The van der Waals surface area contributed by atoms with Gasteiger partial charge in [0.2, 0.25) is 0 Å². The molecule has 0 aromatic heterocycles. The Hall–Kier alpha value is -1.06. The van der Waals surface area contributed by atoms with E-state index >= 15 is 0 Å². The summed E-state index contributed by atoms with van der Waals surface area (Å²) < 4.78 is 0. The smallest absolute Gasteiger partial charge is 0.306 e. The molecule has 13 heavy (non-hydrogen) atoms. The summed E-state index contributed by atoms with van der Waals surface area (Å²) in [5.74, 6) is -2.92. The van der Waals surface area contributed by atoms with Crippen molar-refractivity contribution in [3.8, 4) is 0 Å². The predicted octanol–water partition coefficient (Wildman–Crippen LogP) is 1.21. The van der Waals surface area contributed by atoms with Gasteiger partial charge in [-0.3, -0.25) is 9.59 Å². The average molecular weight is 186 g/mol. The third-order valence-electron chi connectivity index (χ3n) is 2.92. The number of aliphatic carboxylic acids is 2. The monoisotopic (exact) mass is 186 g/mol. The molecule has 0 aliphatic heterocycles. The van der Waals surface area contributed by atoms with Gasteiger partial charge in [0, 0.05) is 0 Å². The molecule has 4 nitrogen and oxygen atoms in total. The zero-order valence-electron chi connectivity index (χ0n) is 7.56. The van der Waals surface area contributed by atoms with Gasteiger partial charge in [-0.1, -0.05) is 13.3 Å². The second-order valence-corrected chi connectivity index (χ2v) is 3.67. The van der Waals surface area contributed by atoms with Crippen LogP contribution >= 0.6 is 0 Å². The molecule has 1 aliphatic rings. The van der Waals surface area contributed by atoms with Crippen molar-refractivity contribution in [1.82, 2.24) is 0 Å². The molecular weight excluding hydrogens is 172 g/mol. The van der Waals surface area contributed by atoms with Crippen LogP contribution in [0.4, 0.5) is 0 Å². The van der Waals surface area contributed by atoms with Gasteiger partial charge in [0.05, 0.1) is 11.8 Å². The van der Waals surface area contributed by atoms with Crippen molar-refractivity contribution in [3.63, 3.8) is 0 Å². The summed E-state index contributed by atoms with van der Waals surface area (Å²) in [6.45, 7) is 1.59. The Morgan fingerprint density at radius 2 is 1.92 bits per heavy atom. The standard InChI is InChI=1S/C9H14O4/c1-5(8(10)11)6-3-2-4-7(6)9(12)13/h5-7H,2-4H2,1H3,(H,10,11)(H,12,13)/t5-,6-,7+/m0/s1. The van der Waals surface area contributed by atoms with Crippen LogP contribution in [0.5, 0.6) is 0 Å². The summed E-state index contributed by atoms with van der Waals surface area (Å²) in [4.78, 5) is 21.4. The second-order valence-electron chi connectivity index (χ2n) is 3.67. The van der Waals surface area contributed by atoms with Crippen molar-refractivity contribution in [2.24, 2.45) is 17.8 Å². The van der Waals surface area contributed by atoms with E-state index in [1.165, 1.54) is 0 Å². The van der Waals surface area contributed by atoms with Crippen LogP contribution in [0.1, 0.15) is 26.2 Å². The van der Waals surface area contributed by atoms with E-state index in [-0.39, 0.29) is 5.92 Å². The Labute approximate surface area is 76.6 Å². The quantitative estimate of drug-likeness (QED) is 0.694. The number of hydrogen-bond donors (Lipinski definition) is 2. The summed E-state index contributed by atoms with van der Waals surface area (Å²) in [5, 5.41) is 17.6. The SMILES string of the molecule is C[C@H](C(=O)O)[C@@H]1CCC[C@H]1C(=O)O. The van der Waals surface area contributed by atoms with E-state index in [4.69, 9.17) is 10.2 Å². The van der Waals surface area contributed by atoms with Crippen LogP contribution in [0.15, 0.2) is 0 Å². The molecule has 0 aromatic carbocycles. The molecule has 0 unspecified atom stereocenters. The number of hydrogen-bond acceptors (Lipinski definition) is 2. The van der Waals surface area contributed by atoms with Crippen molar-refractivity contribution < 1.29 is 19.8 Å². The first-order valence-electron chi connectivity index (χ1n) is 4.49. The van der Waals surface area contributed by atoms with E-state index in [0.29, 0.717) is 6.42 Å². The first kappa shape index (κ1) is 10.0. The zero-order valence-corrected chi connectivity index (χ0v) is 7.56. The lowest BCUT2D eigenvalue weighted by Gasteiger charge is -2.19. The number of carboxylic acids is 2. The topological polar surface area (TPSA) is 74.6 Å². The zero-order chi connectivity index (χ0) is 10.0. The van der Waals surface area contributed by atoms with Crippen LogP contribution in [0.2, 0.25) is 0 Å². The van der Waals surface area contributed by atoms with E-state index in [1.807, 2.05) is 0 Å². The molecule has 3 atom stereocenters. The lowest BCUT2D eigenvalue weighted by atomic mass is 9.85. The van der Waals surface area contributed by atoms with Gasteiger partial charge in [-0.2, -0.15) is 0 Å². The van der Waals surface area contributed by atoms with Crippen LogP contribution in [0.3, 0.4) is 0 Å². The van der Waals surface area contributed by atoms with E-state index in [0.717, 1.165) is 12.8 Å². The Morgan fingerprint density at radius 3 is 2.38 bits per heavy atom. The molecule has 0 amide bonds. The van der Waals surface area contributed by atoms with Gasteiger partial charge in [-0.25, -0.2) is 0 Å². The third kappa shape index (κ3) is 1.99. The fraction of sp³-hybridized carbons (Fsp3) is 0.778. The van der Waals surface area contributed by atoms with Gasteiger partial charge < -0.3 is 10.2 Å². The Morgan fingerprint density at radius 1 is 1.31 bits per heavy atom. The van der Waals surface area contributed by atoms with Crippen LogP contribution in [0, 0.1) is 17.8 Å². The van der Waals surface area contributed by atoms with Gasteiger partial charge in [-0.05, 0) is 18.8 Å². The molecule has 1 aliphatic carbocycles. The largest absolute Gasteiger partial charge is 0.481 e. The first-order valence-corrected chi connectivity index (χ1v) is 4.49. The minimum Gasteiger partial charge on any atom is -0.481 e. The summed E-state index contributed by atoms with van der Waals surface area (Å²) >= 11 is 0. The van der Waals surface area contributed by atoms with Gasteiger partial charge in [-0.15, -0.1) is 0 Å². The maximum absolute atomic E-state index is 10.7.